The van der Waals surface area contributed by atoms with Crippen LogP contribution in [0.3, 0.4) is 0 Å². The van der Waals surface area contributed by atoms with Crippen LogP contribution in [0.2, 0.25) is 0 Å². The zero-order chi connectivity index (χ0) is 18.2. The molecule has 1 heterocycles. The van der Waals surface area contributed by atoms with E-state index >= 15 is 0 Å². The third-order valence-electron chi connectivity index (χ3n) is 3.97. The lowest BCUT2D eigenvalue weighted by Crippen LogP contribution is -2.51. The number of benzene rings is 1. The van der Waals surface area contributed by atoms with E-state index in [0.717, 1.165) is 36.5 Å². The average Bonchev–Trinajstić information content (AvgIpc) is 2.58. The summed E-state index contributed by atoms with van der Waals surface area (Å²) in [5.74, 6) is 1.05. The van der Waals surface area contributed by atoms with Gasteiger partial charge in [-0.15, -0.1) is 11.8 Å². The van der Waals surface area contributed by atoms with Gasteiger partial charge in [-0.25, -0.2) is 0 Å². The van der Waals surface area contributed by atoms with Gasteiger partial charge in [-0.2, -0.15) is 0 Å². The van der Waals surface area contributed by atoms with Crippen molar-refractivity contribution in [2.75, 3.05) is 26.7 Å². The SMILES string of the molecule is CCNC(=NCC(C)Sc1ccc(Br)cc1)NC1CCC(=O)N(C)C1. The average molecular weight is 427 g/mol. The fourth-order valence-electron chi connectivity index (χ4n) is 2.65. The number of nitrogens with one attached hydrogen (secondary N) is 2. The van der Waals surface area contributed by atoms with E-state index in [0.29, 0.717) is 11.7 Å². The molecule has 0 aliphatic carbocycles. The fourth-order valence-corrected chi connectivity index (χ4v) is 3.82. The van der Waals surface area contributed by atoms with Crippen LogP contribution in [0.5, 0.6) is 0 Å². The minimum atomic E-state index is 0.222. The van der Waals surface area contributed by atoms with Gasteiger partial charge in [0.05, 0.1) is 6.54 Å². The molecule has 0 spiro atoms. The standard InChI is InChI=1S/C18H27BrN4OS/c1-4-20-18(22-15-7-10-17(24)23(3)12-15)21-11-13(2)25-16-8-5-14(19)6-9-16/h5-6,8-9,13,15H,4,7,10-12H2,1-3H3,(H2,20,21,22). The first kappa shape index (κ1) is 20.1. The van der Waals surface area contributed by atoms with Crippen LogP contribution in [0.1, 0.15) is 26.7 Å². The van der Waals surface area contributed by atoms with Gasteiger partial charge in [0, 0.05) is 47.2 Å². The van der Waals surface area contributed by atoms with Crippen LogP contribution in [-0.2, 0) is 4.79 Å². The van der Waals surface area contributed by atoms with Crippen LogP contribution in [0.4, 0.5) is 0 Å². The topological polar surface area (TPSA) is 56.7 Å². The van der Waals surface area contributed by atoms with Crippen LogP contribution in [0, 0.1) is 0 Å². The number of guanidine groups is 1. The van der Waals surface area contributed by atoms with Crippen molar-refractivity contribution in [3.05, 3.63) is 28.7 Å². The van der Waals surface area contributed by atoms with Crippen molar-refractivity contribution in [3.8, 4) is 0 Å². The van der Waals surface area contributed by atoms with E-state index in [1.807, 2.05) is 18.8 Å². The van der Waals surface area contributed by atoms with E-state index in [9.17, 15) is 4.79 Å². The molecule has 1 aromatic rings. The molecule has 2 N–H and O–H groups in total. The van der Waals surface area contributed by atoms with E-state index in [4.69, 9.17) is 4.99 Å². The fraction of sp³-hybridized carbons (Fsp3) is 0.556. The number of rotatable bonds is 6. The molecule has 5 nitrogen and oxygen atoms in total. The van der Waals surface area contributed by atoms with Gasteiger partial charge in [-0.05, 0) is 37.6 Å². The van der Waals surface area contributed by atoms with E-state index < -0.39 is 0 Å². The number of halogens is 1. The largest absolute Gasteiger partial charge is 0.357 e. The number of piperidine rings is 1. The summed E-state index contributed by atoms with van der Waals surface area (Å²) in [5.41, 5.74) is 0. The molecule has 138 valence electrons. The molecule has 0 bridgehead atoms. The lowest BCUT2D eigenvalue weighted by molar-refractivity contribution is -0.132. The Kier molecular flexibility index (Phi) is 8.09. The minimum absolute atomic E-state index is 0.222. The maximum absolute atomic E-state index is 11.6. The number of likely N-dealkylation sites (tertiary alicyclic amines) is 1. The highest BCUT2D eigenvalue weighted by Crippen LogP contribution is 2.24. The van der Waals surface area contributed by atoms with Crippen molar-refractivity contribution in [1.29, 1.82) is 0 Å². The maximum atomic E-state index is 11.6. The number of likely N-dealkylation sites (N-methyl/N-ethyl adjacent to an activating group) is 1. The van der Waals surface area contributed by atoms with E-state index in [1.165, 1.54) is 4.90 Å². The summed E-state index contributed by atoms with van der Waals surface area (Å²) >= 11 is 5.28. The first-order chi connectivity index (χ1) is 12.0. The van der Waals surface area contributed by atoms with Gasteiger partial charge in [-0.3, -0.25) is 9.79 Å². The second-order valence-corrected chi connectivity index (χ2v) is 8.68. The molecule has 2 unspecified atom stereocenters. The van der Waals surface area contributed by atoms with Crippen LogP contribution in [0.25, 0.3) is 0 Å². The first-order valence-corrected chi connectivity index (χ1v) is 10.4. The third kappa shape index (κ3) is 6.90. The predicted octanol–water partition coefficient (Wildman–Crippen LogP) is 3.11. The Labute approximate surface area is 163 Å². The quantitative estimate of drug-likeness (QED) is 0.416. The molecule has 1 aliphatic heterocycles. The number of thioether (sulfide) groups is 1. The number of aliphatic imine (C=N–C) groups is 1. The van der Waals surface area contributed by atoms with Crippen LogP contribution in [-0.4, -0.2) is 54.7 Å². The van der Waals surface area contributed by atoms with Gasteiger partial charge in [-0.1, -0.05) is 22.9 Å². The third-order valence-corrected chi connectivity index (χ3v) is 5.59. The molecule has 2 atom stereocenters. The molecule has 0 saturated carbocycles. The van der Waals surface area contributed by atoms with Crippen molar-refractivity contribution >= 4 is 39.6 Å². The monoisotopic (exact) mass is 426 g/mol. The number of carbonyl (C=O) groups excluding carboxylic acids is 1. The van der Waals surface area contributed by atoms with E-state index in [1.54, 1.807) is 4.90 Å². The van der Waals surface area contributed by atoms with E-state index in [-0.39, 0.29) is 11.9 Å². The van der Waals surface area contributed by atoms with Gasteiger partial charge < -0.3 is 15.5 Å². The summed E-state index contributed by atoms with van der Waals surface area (Å²) in [5, 5.41) is 7.15. The summed E-state index contributed by atoms with van der Waals surface area (Å²) in [7, 11) is 1.86. The van der Waals surface area contributed by atoms with Gasteiger partial charge in [0.25, 0.3) is 0 Å². The molecule has 0 aromatic heterocycles. The number of nitrogens with zero attached hydrogens (tertiary/aromatic N) is 2. The lowest BCUT2D eigenvalue weighted by Gasteiger charge is -2.31. The summed E-state index contributed by atoms with van der Waals surface area (Å²) in [6.07, 6.45) is 1.46. The molecular weight excluding hydrogens is 400 g/mol. The van der Waals surface area contributed by atoms with Crippen molar-refractivity contribution < 1.29 is 4.79 Å². The summed E-state index contributed by atoms with van der Waals surface area (Å²) in [6.45, 7) is 6.53. The Morgan fingerprint density at radius 2 is 2.16 bits per heavy atom. The van der Waals surface area contributed by atoms with Gasteiger partial charge in [0.1, 0.15) is 0 Å². The summed E-state index contributed by atoms with van der Waals surface area (Å²) < 4.78 is 1.09. The van der Waals surface area contributed by atoms with E-state index in [2.05, 4.69) is 64.7 Å². The van der Waals surface area contributed by atoms with Gasteiger partial charge in [0.15, 0.2) is 5.96 Å². The molecule has 2 rings (SSSR count). The molecule has 1 aliphatic rings. The minimum Gasteiger partial charge on any atom is -0.357 e. The smallest absolute Gasteiger partial charge is 0.222 e. The Balaban J connectivity index is 1.87. The Hall–Kier alpha value is -1.21. The molecule has 1 aromatic carbocycles. The Bertz CT molecular complexity index is 593. The highest BCUT2D eigenvalue weighted by Gasteiger charge is 2.23. The molecule has 1 fully saturated rings. The second kappa shape index (κ2) is 10.1. The zero-order valence-electron chi connectivity index (χ0n) is 15.1. The first-order valence-electron chi connectivity index (χ1n) is 8.69. The summed E-state index contributed by atoms with van der Waals surface area (Å²) in [4.78, 5) is 19.4. The Morgan fingerprint density at radius 1 is 1.44 bits per heavy atom. The normalized spacial score (nSPS) is 19.7. The second-order valence-electron chi connectivity index (χ2n) is 6.26. The molecule has 1 saturated heterocycles. The van der Waals surface area contributed by atoms with Crippen LogP contribution < -0.4 is 10.6 Å². The van der Waals surface area contributed by atoms with Crippen LogP contribution in [0.15, 0.2) is 38.6 Å². The number of amides is 1. The van der Waals surface area contributed by atoms with Crippen molar-refractivity contribution in [2.24, 2.45) is 4.99 Å². The summed E-state index contributed by atoms with van der Waals surface area (Å²) in [6, 6.07) is 8.62. The zero-order valence-corrected chi connectivity index (χ0v) is 17.5. The highest BCUT2D eigenvalue weighted by molar-refractivity contribution is 9.10. The molecular formula is C18H27BrN4OS. The van der Waals surface area contributed by atoms with Crippen molar-refractivity contribution in [3.63, 3.8) is 0 Å². The number of hydrogen-bond donors (Lipinski definition) is 2. The maximum Gasteiger partial charge on any atom is 0.222 e. The molecule has 0 radical (unpaired) electrons. The van der Waals surface area contributed by atoms with Crippen LogP contribution >= 0.6 is 27.7 Å². The molecule has 1 amide bonds. The van der Waals surface area contributed by atoms with Crippen molar-refractivity contribution in [2.45, 2.75) is 42.9 Å². The van der Waals surface area contributed by atoms with Gasteiger partial charge in [0.2, 0.25) is 5.91 Å². The predicted molar refractivity (Wildman–Crippen MR) is 109 cm³/mol. The Morgan fingerprint density at radius 3 is 2.80 bits per heavy atom. The number of carbonyl (C=O) groups is 1. The van der Waals surface area contributed by atoms with Crippen molar-refractivity contribution in [1.82, 2.24) is 15.5 Å². The van der Waals surface area contributed by atoms with Gasteiger partial charge >= 0.3 is 0 Å². The lowest BCUT2D eigenvalue weighted by atomic mass is 10.1. The number of hydrogen-bond acceptors (Lipinski definition) is 3. The molecule has 25 heavy (non-hydrogen) atoms. The highest BCUT2D eigenvalue weighted by atomic mass is 79.9. The molecule has 7 heteroatoms.